The average Bonchev–Trinajstić information content (AvgIpc) is 2.73. The molecular formula is C11H19N3. The largest absolute Gasteiger partial charge is 0.368 e. The van der Waals surface area contributed by atoms with E-state index in [1.807, 2.05) is 24.0 Å². The Morgan fingerprint density at radius 2 is 2.21 bits per heavy atom. The lowest BCUT2D eigenvalue weighted by atomic mass is 9.89. The van der Waals surface area contributed by atoms with Gasteiger partial charge in [0, 0.05) is 25.9 Å². The van der Waals surface area contributed by atoms with Gasteiger partial charge in [0.1, 0.15) is 5.82 Å². The Morgan fingerprint density at radius 1 is 1.50 bits per heavy atom. The number of nitrogens with zero attached hydrogens (tertiary/aromatic N) is 2. The Balaban J connectivity index is 1.87. The van der Waals surface area contributed by atoms with Crippen molar-refractivity contribution < 1.29 is 0 Å². The standard InChI is InChI=1S/C11H19N3/c1-11(6-3-4-7-11)9-12-10-5-8-14(2)13-10/h5,8H,3-4,6-7,9H2,1-2H3,(H,12,13). The molecule has 2 rings (SSSR count). The van der Waals surface area contributed by atoms with Crippen LogP contribution in [-0.4, -0.2) is 16.3 Å². The fraction of sp³-hybridized carbons (Fsp3) is 0.727. The maximum Gasteiger partial charge on any atom is 0.147 e. The average molecular weight is 193 g/mol. The monoisotopic (exact) mass is 193 g/mol. The molecule has 0 unspecified atom stereocenters. The molecule has 14 heavy (non-hydrogen) atoms. The summed E-state index contributed by atoms with van der Waals surface area (Å²) in [7, 11) is 1.95. The quantitative estimate of drug-likeness (QED) is 0.799. The summed E-state index contributed by atoms with van der Waals surface area (Å²) in [5, 5.41) is 7.72. The van der Waals surface area contributed by atoms with Crippen LogP contribution in [0.4, 0.5) is 5.82 Å². The van der Waals surface area contributed by atoms with Gasteiger partial charge in [0.2, 0.25) is 0 Å². The second-order valence-corrected chi connectivity index (χ2v) is 4.75. The van der Waals surface area contributed by atoms with Crippen LogP contribution in [0.15, 0.2) is 12.3 Å². The summed E-state index contributed by atoms with van der Waals surface area (Å²) in [6.07, 6.45) is 7.46. The second-order valence-electron chi connectivity index (χ2n) is 4.75. The molecule has 1 aliphatic rings. The molecule has 0 aromatic carbocycles. The fourth-order valence-electron chi connectivity index (χ4n) is 2.22. The van der Waals surface area contributed by atoms with Gasteiger partial charge in [0.05, 0.1) is 0 Å². The van der Waals surface area contributed by atoms with Gasteiger partial charge in [0.15, 0.2) is 0 Å². The molecule has 0 bridgehead atoms. The van der Waals surface area contributed by atoms with E-state index in [4.69, 9.17) is 0 Å². The molecule has 0 atom stereocenters. The molecule has 0 radical (unpaired) electrons. The van der Waals surface area contributed by atoms with Crippen LogP contribution < -0.4 is 5.32 Å². The summed E-state index contributed by atoms with van der Waals surface area (Å²) in [5.74, 6) is 1.00. The summed E-state index contributed by atoms with van der Waals surface area (Å²) < 4.78 is 1.83. The third-order valence-electron chi connectivity index (χ3n) is 3.22. The molecule has 0 aliphatic heterocycles. The summed E-state index contributed by atoms with van der Waals surface area (Å²) in [4.78, 5) is 0. The van der Waals surface area contributed by atoms with Gasteiger partial charge in [-0.25, -0.2) is 0 Å². The van der Waals surface area contributed by atoms with E-state index in [0.717, 1.165) is 12.4 Å². The SMILES string of the molecule is Cn1ccc(NCC2(C)CCCC2)n1. The minimum absolute atomic E-state index is 0.498. The molecule has 1 aromatic heterocycles. The lowest BCUT2D eigenvalue weighted by Gasteiger charge is -2.23. The topological polar surface area (TPSA) is 29.9 Å². The van der Waals surface area contributed by atoms with Crippen molar-refractivity contribution in [2.45, 2.75) is 32.6 Å². The minimum Gasteiger partial charge on any atom is -0.368 e. The highest BCUT2D eigenvalue weighted by Crippen LogP contribution is 2.37. The van der Waals surface area contributed by atoms with Crippen LogP contribution in [0.2, 0.25) is 0 Å². The molecule has 1 saturated carbocycles. The second kappa shape index (κ2) is 3.64. The van der Waals surface area contributed by atoms with Crippen LogP contribution in [-0.2, 0) is 7.05 Å². The maximum absolute atomic E-state index is 4.31. The summed E-state index contributed by atoms with van der Waals surface area (Å²) in [6.45, 7) is 3.43. The third-order valence-corrected chi connectivity index (χ3v) is 3.22. The Kier molecular flexibility index (Phi) is 2.48. The van der Waals surface area contributed by atoms with Gasteiger partial charge >= 0.3 is 0 Å². The highest BCUT2D eigenvalue weighted by atomic mass is 15.3. The van der Waals surface area contributed by atoms with Gasteiger partial charge in [-0.3, -0.25) is 4.68 Å². The predicted molar refractivity (Wildman–Crippen MR) is 58.3 cm³/mol. The number of aromatic nitrogens is 2. The lowest BCUT2D eigenvalue weighted by molar-refractivity contribution is 0.361. The van der Waals surface area contributed by atoms with Gasteiger partial charge in [0.25, 0.3) is 0 Å². The van der Waals surface area contributed by atoms with Crippen LogP contribution in [0.5, 0.6) is 0 Å². The molecule has 1 N–H and O–H groups in total. The molecule has 0 spiro atoms. The van der Waals surface area contributed by atoms with E-state index in [2.05, 4.69) is 17.3 Å². The Morgan fingerprint density at radius 3 is 2.79 bits per heavy atom. The first-order valence-corrected chi connectivity index (χ1v) is 5.42. The molecular weight excluding hydrogens is 174 g/mol. The highest BCUT2D eigenvalue weighted by molar-refractivity contribution is 5.32. The number of hydrogen-bond acceptors (Lipinski definition) is 2. The molecule has 1 aliphatic carbocycles. The zero-order chi connectivity index (χ0) is 10.0. The van der Waals surface area contributed by atoms with Gasteiger partial charge in [-0.1, -0.05) is 19.8 Å². The van der Waals surface area contributed by atoms with Crippen molar-refractivity contribution in [1.29, 1.82) is 0 Å². The normalized spacial score (nSPS) is 19.9. The molecule has 78 valence electrons. The van der Waals surface area contributed by atoms with Crippen molar-refractivity contribution >= 4 is 5.82 Å². The third kappa shape index (κ3) is 2.08. The number of hydrogen-bond donors (Lipinski definition) is 1. The van der Waals surface area contributed by atoms with Crippen LogP contribution in [0.3, 0.4) is 0 Å². The van der Waals surface area contributed by atoms with Gasteiger partial charge in [-0.05, 0) is 18.3 Å². The Hall–Kier alpha value is -0.990. The molecule has 3 heteroatoms. The smallest absolute Gasteiger partial charge is 0.147 e. The zero-order valence-corrected chi connectivity index (χ0v) is 9.08. The van der Waals surface area contributed by atoms with Crippen molar-refractivity contribution in [3.8, 4) is 0 Å². The summed E-state index contributed by atoms with van der Waals surface area (Å²) in [5.41, 5.74) is 0.498. The van der Waals surface area contributed by atoms with Crippen LogP contribution in [0.1, 0.15) is 32.6 Å². The maximum atomic E-state index is 4.31. The summed E-state index contributed by atoms with van der Waals surface area (Å²) in [6, 6.07) is 2.03. The van der Waals surface area contributed by atoms with E-state index >= 15 is 0 Å². The van der Waals surface area contributed by atoms with Crippen molar-refractivity contribution in [2.24, 2.45) is 12.5 Å². The van der Waals surface area contributed by atoms with E-state index in [-0.39, 0.29) is 0 Å². The van der Waals surface area contributed by atoms with E-state index in [1.54, 1.807) is 0 Å². The van der Waals surface area contributed by atoms with Crippen molar-refractivity contribution in [1.82, 2.24) is 9.78 Å². The van der Waals surface area contributed by atoms with E-state index in [1.165, 1.54) is 25.7 Å². The Labute approximate surface area is 85.5 Å². The highest BCUT2D eigenvalue weighted by Gasteiger charge is 2.28. The first kappa shape index (κ1) is 9.56. The zero-order valence-electron chi connectivity index (χ0n) is 9.08. The van der Waals surface area contributed by atoms with Crippen LogP contribution >= 0.6 is 0 Å². The molecule has 3 nitrogen and oxygen atoms in total. The van der Waals surface area contributed by atoms with Crippen molar-refractivity contribution in [2.75, 3.05) is 11.9 Å². The predicted octanol–water partition coefficient (Wildman–Crippen LogP) is 2.41. The number of aryl methyl sites for hydroxylation is 1. The van der Waals surface area contributed by atoms with Crippen molar-refractivity contribution in [3.05, 3.63) is 12.3 Å². The number of nitrogens with one attached hydrogen (secondary N) is 1. The van der Waals surface area contributed by atoms with Crippen LogP contribution in [0.25, 0.3) is 0 Å². The van der Waals surface area contributed by atoms with Gasteiger partial charge in [-0.15, -0.1) is 0 Å². The molecule has 1 aromatic rings. The Bertz CT molecular complexity index is 297. The fourth-order valence-corrected chi connectivity index (χ4v) is 2.22. The van der Waals surface area contributed by atoms with Gasteiger partial charge < -0.3 is 5.32 Å². The van der Waals surface area contributed by atoms with E-state index in [0.29, 0.717) is 5.41 Å². The van der Waals surface area contributed by atoms with Gasteiger partial charge in [-0.2, -0.15) is 5.10 Å². The molecule has 1 heterocycles. The molecule has 1 fully saturated rings. The van der Waals surface area contributed by atoms with Crippen molar-refractivity contribution in [3.63, 3.8) is 0 Å². The van der Waals surface area contributed by atoms with E-state index in [9.17, 15) is 0 Å². The van der Waals surface area contributed by atoms with Crippen LogP contribution in [0, 0.1) is 5.41 Å². The first-order chi connectivity index (χ1) is 6.68. The van der Waals surface area contributed by atoms with E-state index < -0.39 is 0 Å². The number of anilines is 1. The lowest BCUT2D eigenvalue weighted by Crippen LogP contribution is -2.23. The first-order valence-electron chi connectivity index (χ1n) is 5.42. The molecule has 0 saturated heterocycles. The minimum atomic E-state index is 0.498. The molecule has 0 amide bonds. The summed E-state index contributed by atoms with van der Waals surface area (Å²) >= 11 is 0. The number of rotatable bonds is 3.